The molecule has 0 aliphatic heterocycles. The third-order valence-corrected chi connectivity index (χ3v) is 12.5. The summed E-state index contributed by atoms with van der Waals surface area (Å²) in [5.41, 5.74) is 7.75. The van der Waals surface area contributed by atoms with Gasteiger partial charge in [0.05, 0.1) is 16.7 Å². The molecule has 0 spiro atoms. The molecule has 0 saturated carbocycles. The van der Waals surface area contributed by atoms with Crippen molar-refractivity contribution >= 4 is 97.6 Å². The number of nitrogens with zero attached hydrogens (tertiary/aromatic N) is 3. The van der Waals surface area contributed by atoms with Crippen molar-refractivity contribution in [1.29, 1.82) is 0 Å². The van der Waals surface area contributed by atoms with Gasteiger partial charge in [0.2, 0.25) is 0 Å². The van der Waals surface area contributed by atoms with Crippen molar-refractivity contribution in [2.75, 3.05) is 0 Å². The SMILES string of the molecule is Cc1c(-c2cccc3oc4ccccc4c23)nc(-c2ccc3ccccc3c2)nc1-n1c2ccc3ccccc3c2c2c3c4ccccc4c4ccccc4c3ccc21. The molecular weight excluding hydrogens is 719 g/mol. The van der Waals surface area contributed by atoms with Gasteiger partial charge in [0.15, 0.2) is 5.82 Å². The predicted octanol–water partition coefficient (Wildman–Crippen LogP) is 14.9. The summed E-state index contributed by atoms with van der Waals surface area (Å²) in [6.07, 6.45) is 0. The van der Waals surface area contributed by atoms with Crippen LogP contribution in [-0.2, 0) is 0 Å². The highest BCUT2D eigenvalue weighted by molar-refractivity contribution is 6.37. The average Bonchev–Trinajstić information content (AvgIpc) is 3.85. The number of benzene rings is 10. The van der Waals surface area contributed by atoms with Crippen LogP contribution in [0.1, 0.15) is 5.56 Å². The Morgan fingerprint density at radius 2 is 1.00 bits per heavy atom. The largest absolute Gasteiger partial charge is 0.456 e. The molecule has 0 aliphatic carbocycles. The maximum absolute atomic E-state index is 6.43. The summed E-state index contributed by atoms with van der Waals surface area (Å²) in [6, 6.07) is 65.3. The Bertz CT molecular complexity index is 3890. The summed E-state index contributed by atoms with van der Waals surface area (Å²) in [5, 5.41) is 16.8. The van der Waals surface area contributed by atoms with Gasteiger partial charge in [-0.05, 0) is 85.7 Å². The van der Waals surface area contributed by atoms with Crippen molar-refractivity contribution in [1.82, 2.24) is 14.5 Å². The highest BCUT2D eigenvalue weighted by atomic mass is 16.3. The smallest absolute Gasteiger partial charge is 0.162 e. The van der Waals surface area contributed by atoms with E-state index >= 15 is 0 Å². The fraction of sp³-hybridized carbons (Fsp3) is 0.0182. The van der Waals surface area contributed by atoms with Crippen LogP contribution in [0.2, 0.25) is 0 Å². The lowest BCUT2D eigenvalue weighted by Crippen LogP contribution is -2.06. The maximum atomic E-state index is 6.43. The molecule has 0 saturated heterocycles. The summed E-state index contributed by atoms with van der Waals surface area (Å²) in [7, 11) is 0. The number of furan rings is 1. The molecular formula is C55H33N3O. The third kappa shape index (κ3) is 4.54. The van der Waals surface area contributed by atoms with E-state index in [0.717, 1.165) is 66.6 Å². The van der Waals surface area contributed by atoms with Crippen molar-refractivity contribution in [2.24, 2.45) is 0 Å². The number of rotatable bonds is 3. The van der Waals surface area contributed by atoms with Crippen LogP contribution >= 0.6 is 0 Å². The van der Waals surface area contributed by atoms with Crippen LogP contribution in [0.5, 0.6) is 0 Å². The van der Waals surface area contributed by atoms with Gasteiger partial charge < -0.3 is 4.42 Å². The molecule has 0 aliphatic rings. The summed E-state index contributed by atoms with van der Waals surface area (Å²) >= 11 is 0. The Morgan fingerprint density at radius 1 is 0.407 bits per heavy atom. The van der Waals surface area contributed by atoms with Crippen molar-refractivity contribution in [2.45, 2.75) is 6.92 Å². The number of hydrogen-bond acceptors (Lipinski definition) is 3. The molecule has 13 aromatic rings. The van der Waals surface area contributed by atoms with E-state index in [1.54, 1.807) is 0 Å². The highest BCUT2D eigenvalue weighted by Gasteiger charge is 2.25. The zero-order valence-corrected chi connectivity index (χ0v) is 32.1. The van der Waals surface area contributed by atoms with Gasteiger partial charge in [-0.2, -0.15) is 0 Å². The number of hydrogen-bond donors (Lipinski definition) is 0. The molecule has 3 heterocycles. The Balaban J connectivity index is 1.22. The van der Waals surface area contributed by atoms with Crippen LogP contribution in [0, 0.1) is 6.92 Å². The van der Waals surface area contributed by atoms with Crippen LogP contribution in [0.25, 0.3) is 126 Å². The van der Waals surface area contributed by atoms with Gasteiger partial charge in [-0.3, -0.25) is 4.57 Å². The minimum atomic E-state index is 0.671. The average molecular weight is 752 g/mol. The molecule has 4 nitrogen and oxygen atoms in total. The van der Waals surface area contributed by atoms with Gasteiger partial charge >= 0.3 is 0 Å². The molecule has 0 amide bonds. The molecule has 0 radical (unpaired) electrons. The second-order valence-corrected chi connectivity index (χ2v) is 15.7. The minimum Gasteiger partial charge on any atom is -0.456 e. The second kappa shape index (κ2) is 12.1. The van der Waals surface area contributed by atoms with Crippen LogP contribution in [0.3, 0.4) is 0 Å². The minimum absolute atomic E-state index is 0.671. The first kappa shape index (κ1) is 32.3. The normalized spacial score (nSPS) is 12.2. The van der Waals surface area contributed by atoms with Gasteiger partial charge in [-0.25, -0.2) is 9.97 Å². The van der Waals surface area contributed by atoms with E-state index in [1.807, 2.05) is 12.1 Å². The summed E-state index contributed by atoms with van der Waals surface area (Å²) in [4.78, 5) is 11.1. The lowest BCUT2D eigenvalue weighted by molar-refractivity contribution is 0.669. The second-order valence-electron chi connectivity index (χ2n) is 15.7. The molecule has 4 heteroatoms. The summed E-state index contributed by atoms with van der Waals surface area (Å²) < 4.78 is 8.84. The highest BCUT2D eigenvalue weighted by Crippen LogP contribution is 2.46. The molecule has 3 aromatic heterocycles. The van der Waals surface area contributed by atoms with Gasteiger partial charge in [0, 0.05) is 43.6 Å². The van der Waals surface area contributed by atoms with E-state index in [-0.39, 0.29) is 0 Å². The van der Waals surface area contributed by atoms with Crippen molar-refractivity contribution in [3.05, 3.63) is 188 Å². The number of fused-ring (bicyclic) bond motifs is 16. The first-order valence-corrected chi connectivity index (χ1v) is 20.2. The van der Waals surface area contributed by atoms with Crippen LogP contribution in [-0.4, -0.2) is 14.5 Å². The van der Waals surface area contributed by atoms with E-state index in [0.29, 0.717) is 5.82 Å². The van der Waals surface area contributed by atoms with Crippen LogP contribution in [0.4, 0.5) is 0 Å². The Labute approximate surface area is 338 Å². The predicted molar refractivity (Wildman–Crippen MR) is 247 cm³/mol. The zero-order valence-electron chi connectivity index (χ0n) is 32.1. The number of aromatic nitrogens is 3. The van der Waals surface area contributed by atoms with E-state index < -0.39 is 0 Å². The monoisotopic (exact) mass is 751 g/mol. The topological polar surface area (TPSA) is 43.9 Å². The molecule has 0 atom stereocenters. The lowest BCUT2D eigenvalue weighted by atomic mass is 9.91. The van der Waals surface area contributed by atoms with Gasteiger partial charge in [-0.1, -0.05) is 152 Å². The zero-order chi connectivity index (χ0) is 38.8. The quantitative estimate of drug-likeness (QED) is 0.169. The fourth-order valence-corrected chi connectivity index (χ4v) is 9.91. The third-order valence-electron chi connectivity index (χ3n) is 12.5. The maximum Gasteiger partial charge on any atom is 0.162 e. The van der Waals surface area contributed by atoms with Gasteiger partial charge in [0.1, 0.15) is 17.0 Å². The standard InChI is InChI=1S/C55H33N3O/c1-32-53(44-22-12-24-48-49(44)43-21-10-11-23-47(43)59-48)56-54(36-26-25-33-13-2-3-15-35(33)31-36)57-55(32)58-45-29-27-34-14-4-5-16-37(34)51(45)52-46(58)30-28-42-40-19-7-6-17-38(40)39-18-8-9-20-41(39)50(42)52/h2-31H,1H3. The molecule has 0 bridgehead atoms. The van der Waals surface area contributed by atoms with Crippen molar-refractivity contribution < 1.29 is 4.42 Å². The van der Waals surface area contributed by atoms with Crippen molar-refractivity contribution in [3.8, 4) is 28.5 Å². The van der Waals surface area contributed by atoms with Crippen LogP contribution in [0.15, 0.2) is 186 Å². The summed E-state index contributed by atoms with van der Waals surface area (Å²) in [6.45, 7) is 2.18. The van der Waals surface area contributed by atoms with Gasteiger partial charge in [0.25, 0.3) is 0 Å². The fourth-order valence-electron chi connectivity index (χ4n) is 9.91. The van der Waals surface area contributed by atoms with E-state index in [1.165, 1.54) is 59.2 Å². The molecule has 59 heavy (non-hydrogen) atoms. The van der Waals surface area contributed by atoms with Gasteiger partial charge in [-0.15, -0.1) is 0 Å². The molecule has 13 rings (SSSR count). The lowest BCUT2D eigenvalue weighted by Gasteiger charge is -2.17. The van der Waals surface area contributed by atoms with E-state index in [9.17, 15) is 0 Å². The number of para-hydroxylation sites is 1. The van der Waals surface area contributed by atoms with Crippen LogP contribution < -0.4 is 0 Å². The summed E-state index contributed by atoms with van der Waals surface area (Å²) in [5.74, 6) is 1.52. The first-order chi connectivity index (χ1) is 29.2. The molecule has 0 N–H and O–H groups in total. The first-order valence-electron chi connectivity index (χ1n) is 20.2. The Kier molecular flexibility index (Phi) is 6.62. The molecule has 274 valence electrons. The molecule has 0 unspecified atom stereocenters. The van der Waals surface area contributed by atoms with Crippen molar-refractivity contribution in [3.63, 3.8) is 0 Å². The molecule has 10 aromatic carbocycles. The Morgan fingerprint density at radius 3 is 1.81 bits per heavy atom. The van der Waals surface area contributed by atoms with E-state index in [4.69, 9.17) is 14.4 Å². The molecule has 0 fully saturated rings. The van der Waals surface area contributed by atoms with E-state index in [2.05, 4.69) is 181 Å². The Hall–Kier alpha value is -7.82.